The van der Waals surface area contributed by atoms with Crippen LogP contribution in [0.15, 0.2) is 97.2 Å². The fraction of sp³-hybridized carbons (Fsp3) is 0.640. The standard InChI is InChI=1S/C50H82O5/c1-3-5-7-9-11-13-15-17-18-19-20-21-22-23-24-25-26-27-28-29-30-31-32-33-35-37-39-41-43-45-50(53)55-48(46-51)47-54-49(52)44-42-40-38-36-34-16-14-12-10-8-6-4-2/h5,7,11-14,17-18,20-21,23-24,26-27,29-30,48,51H,3-4,6,8-10,15-16,19,22,25,28,31-47H2,1-2H3/b7-5-,13-11-,14-12-,18-17-,21-20-,24-23-,27-26-,30-29-. The van der Waals surface area contributed by atoms with Gasteiger partial charge in [0.15, 0.2) is 6.10 Å². The van der Waals surface area contributed by atoms with Crippen LogP contribution in [-0.4, -0.2) is 36.4 Å². The van der Waals surface area contributed by atoms with Crippen LogP contribution in [0.25, 0.3) is 0 Å². The van der Waals surface area contributed by atoms with Crippen LogP contribution in [0.4, 0.5) is 0 Å². The Morgan fingerprint density at radius 1 is 0.436 bits per heavy atom. The van der Waals surface area contributed by atoms with Crippen molar-refractivity contribution in [2.45, 2.75) is 193 Å². The highest BCUT2D eigenvalue weighted by molar-refractivity contribution is 5.70. The van der Waals surface area contributed by atoms with Crippen molar-refractivity contribution in [3.8, 4) is 0 Å². The Labute approximate surface area is 338 Å². The van der Waals surface area contributed by atoms with Gasteiger partial charge in [0, 0.05) is 12.8 Å². The molecule has 0 aromatic heterocycles. The number of carbonyl (C=O) groups excluding carboxylic acids is 2. The van der Waals surface area contributed by atoms with Gasteiger partial charge in [-0.25, -0.2) is 0 Å². The molecule has 312 valence electrons. The predicted molar refractivity (Wildman–Crippen MR) is 237 cm³/mol. The highest BCUT2D eigenvalue weighted by Crippen LogP contribution is 2.12. The monoisotopic (exact) mass is 763 g/mol. The molecule has 5 nitrogen and oxygen atoms in total. The first-order valence-electron chi connectivity index (χ1n) is 22.3. The Bertz CT molecular complexity index is 1090. The van der Waals surface area contributed by atoms with Crippen LogP contribution >= 0.6 is 0 Å². The Morgan fingerprint density at radius 2 is 0.782 bits per heavy atom. The summed E-state index contributed by atoms with van der Waals surface area (Å²) in [4.78, 5) is 24.3. The molecule has 0 aromatic rings. The molecule has 0 spiro atoms. The zero-order chi connectivity index (χ0) is 40.0. The quantitative estimate of drug-likeness (QED) is 0.0383. The minimum atomic E-state index is -0.786. The van der Waals surface area contributed by atoms with Crippen molar-refractivity contribution in [1.29, 1.82) is 0 Å². The van der Waals surface area contributed by atoms with Crippen molar-refractivity contribution in [3.05, 3.63) is 97.2 Å². The largest absolute Gasteiger partial charge is 0.462 e. The number of hydrogen-bond acceptors (Lipinski definition) is 5. The Hall–Kier alpha value is -3.18. The van der Waals surface area contributed by atoms with E-state index in [0.29, 0.717) is 12.8 Å². The van der Waals surface area contributed by atoms with Gasteiger partial charge in [-0.2, -0.15) is 0 Å². The number of aliphatic hydroxyl groups is 1. The summed E-state index contributed by atoms with van der Waals surface area (Å²) < 4.78 is 10.6. The van der Waals surface area contributed by atoms with E-state index in [1.807, 2.05) is 0 Å². The van der Waals surface area contributed by atoms with Crippen molar-refractivity contribution in [3.63, 3.8) is 0 Å². The lowest BCUT2D eigenvalue weighted by molar-refractivity contribution is -0.161. The number of ether oxygens (including phenoxy) is 2. The number of carbonyl (C=O) groups is 2. The molecule has 0 amide bonds. The zero-order valence-electron chi connectivity index (χ0n) is 35.4. The molecule has 0 aliphatic carbocycles. The van der Waals surface area contributed by atoms with Gasteiger partial charge in [0.25, 0.3) is 0 Å². The molecule has 0 saturated heterocycles. The van der Waals surface area contributed by atoms with Crippen LogP contribution in [-0.2, 0) is 19.1 Å². The van der Waals surface area contributed by atoms with Gasteiger partial charge in [-0.1, -0.05) is 175 Å². The average molecular weight is 763 g/mol. The van der Waals surface area contributed by atoms with E-state index in [9.17, 15) is 14.7 Å². The van der Waals surface area contributed by atoms with Crippen LogP contribution in [0.3, 0.4) is 0 Å². The van der Waals surface area contributed by atoms with Gasteiger partial charge in [-0.05, 0) is 96.3 Å². The van der Waals surface area contributed by atoms with E-state index in [4.69, 9.17) is 9.47 Å². The molecule has 0 radical (unpaired) electrons. The van der Waals surface area contributed by atoms with Gasteiger partial charge >= 0.3 is 11.9 Å². The summed E-state index contributed by atoms with van der Waals surface area (Å²) in [7, 11) is 0. The molecule has 0 bridgehead atoms. The lowest BCUT2D eigenvalue weighted by atomic mass is 10.1. The highest BCUT2D eigenvalue weighted by atomic mass is 16.6. The average Bonchev–Trinajstić information content (AvgIpc) is 3.19. The van der Waals surface area contributed by atoms with Crippen molar-refractivity contribution < 1.29 is 24.2 Å². The molecule has 0 heterocycles. The lowest BCUT2D eigenvalue weighted by Gasteiger charge is -2.15. The maximum atomic E-state index is 12.2. The smallest absolute Gasteiger partial charge is 0.306 e. The highest BCUT2D eigenvalue weighted by Gasteiger charge is 2.16. The van der Waals surface area contributed by atoms with E-state index < -0.39 is 6.10 Å². The molecular formula is C50H82O5. The maximum absolute atomic E-state index is 12.2. The minimum absolute atomic E-state index is 0.0800. The minimum Gasteiger partial charge on any atom is -0.462 e. The Balaban J connectivity index is 3.62. The Kier molecular flexibility index (Phi) is 42.6. The van der Waals surface area contributed by atoms with Crippen LogP contribution in [0.1, 0.15) is 187 Å². The second-order valence-corrected chi connectivity index (χ2v) is 14.4. The summed E-state index contributed by atoms with van der Waals surface area (Å²) in [6.45, 7) is 3.97. The molecule has 0 rings (SSSR count). The van der Waals surface area contributed by atoms with E-state index >= 15 is 0 Å². The molecule has 55 heavy (non-hydrogen) atoms. The van der Waals surface area contributed by atoms with Gasteiger partial charge in [0.1, 0.15) is 6.61 Å². The van der Waals surface area contributed by atoms with Gasteiger partial charge in [0.05, 0.1) is 6.61 Å². The zero-order valence-corrected chi connectivity index (χ0v) is 35.4. The predicted octanol–water partition coefficient (Wildman–Crippen LogP) is 14.5. The maximum Gasteiger partial charge on any atom is 0.306 e. The fourth-order valence-electron chi connectivity index (χ4n) is 5.76. The number of allylic oxidation sites excluding steroid dienone is 16. The van der Waals surface area contributed by atoms with Crippen molar-refractivity contribution >= 4 is 11.9 Å². The third kappa shape index (κ3) is 43.4. The Morgan fingerprint density at radius 3 is 1.20 bits per heavy atom. The van der Waals surface area contributed by atoms with Crippen LogP contribution in [0.5, 0.6) is 0 Å². The molecular weight excluding hydrogens is 681 g/mol. The van der Waals surface area contributed by atoms with Gasteiger partial charge < -0.3 is 14.6 Å². The molecule has 1 unspecified atom stereocenters. The first-order chi connectivity index (χ1) is 27.1. The SMILES string of the molecule is CC/C=C\C/C=C\C/C=C\C/C=C\C/C=C\C/C=C\C/C=C\CCCCCCCCCC(=O)OC(CO)COC(=O)CCCCCCC/C=C\CCCCC. The number of rotatable bonds is 39. The van der Waals surface area contributed by atoms with Crippen molar-refractivity contribution in [1.82, 2.24) is 0 Å². The number of aliphatic hydroxyl groups excluding tert-OH is 1. The van der Waals surface area contributed by atoms with E-state index in [-0.39, 0.29) is 25.2 Å². The summed E-state index contributed by atoms with van der Waals surface area (Å²) in [5.74, 6) is -0.622. The number of unbranched alkanes of at least 4 members (excludes halogenated alkanes) is 15. The van der Waals surface area contributed by atoms with Gasteiger partial charge in [-0.3, -0.25) is 9.59 Å². The topological polar surface area (TPSA) is 72.8 Å². The van der Waals surface area contributed by atoms with Crippen molar-refractivity contribution in [2.24, 2.45) is 0 Å². The second-order valence-electron chi connectivity index (χ2n) is 14.4. The summed E-state index contributed by atoms with van der Waals surface area (Å²) in [6.07, 6.45) is 63.4. The third-order valence-electron chi connectivity index (χ3n) is 9.11. The van der Waals surface area contributed by atoms with Crippen LogP contribution in [0.2, 0.25) is 0 Å². The summed E-state index contributed by atoms with van der Waals surface area (Å²) in [6, 6.07) is 0. The van der Waals surface area contributed by atoms with Crippen LogP contribution in [0, 0.1) is 0 Å². The summed E-state index contributed by atoms with van der Waals surface area (Å²) >= 11 is 0. The van der Waals surface area contributed by atoms with Gasteiger partial charge in [-0.15, -0.1) is 0 Å². The molecule has 1 N–H and O–H groups in total. The molecule has 1 atom stereocenters. The number of hydrogen-bond donors (Lipinski definition) is 1. The molecule has 0 saturated carbocycles. The first-order valence-corrected chi connectivity index (χ1v) is 22.3. The lowest BCUT2D eigenvalue weighted by Crippen LogP contribution is -2.28. The molecule has 0 aliphatic rings. The molecule has 0 aliphatic heterocycles. The van der Waals surface area contributed by atoms with E-state index in [1.165, 1.54) is 64.2 Å². The summed E-state index contributed by atoms with van der Waals surface area (Å²) in [5.41, 5.74) is 0. The molecule has 0 aromatic carbocycles. The number of esters is 2. The van der Waals surface area contributed by atoms with Crippen LogP contribution < -0.4 is 0 Å². The normalized spacial score (nSPS) is 13.1. The van der Waals surface area contributed by atoms with E-state index in [0.717, 1.165) is 96.3 Å². The molecule has 5 heteroatoms. The second kappa shape index (κ2) is 45.2. The fourth-order valence-corrected chi connectivity index (χ4v) is 5.76. The molecule has 0 fully saturated rings. The summed E-state index contributed by atoms with van der Waals surface area (Å²) in [5, 5.41) is 9.57. The van der Waals surface area contributed by atoms with E-state index in [2.05, 4.69) is 111 Å². The van der Waals surface area contributed by atoms with Gasteiger partial charge in [0.2, 0.25) is 0 Å². The van der Waals surface area contributed by atoms with E-state index in [1.54, 1.807) is 0 Å². The van der Waals surface area contributed by atoms with Crippen molar-refractivity contribution in [2.75, 3.05) is 13.2 Å². The third-order valence-corrected chi connectivity index (χ3v) is 9.11. The first kappa shape index (κ1) is 51.8.